The number of carbonyl (C=O) groups is 1. The highest BCUT2D eigenvalue weighted by Crippen LogP contribution is 2.28. The van der Waals surface area contributed by atoms with Gasteiger partial charge in [0.1, 0.15) is 5.60 Å². The third-order valence-electron chi connectivity index (χ3n) is 6.00. The number of guanidine groups is 1. The normalized spacial score (nSPS) is 22.8. The van der Waals surface area contributed by atoms with Crippen LogP contribution in [0.4, 0.5) is 4.79 Å². The summed E-state index contributed by atoms with van der Waals surface area (Å²) in [6.07, 6.45) is 8.04. The predicted molar refractivity (Wildman–Crippen MR) is 137 cm³/mol. The molecule has 8 nitrogen and oxygen atoms in total. The zero-order valence-electron chi connectivity index (χ0n) is 20.3. The van der Waals surface area contributed by atoms with Gasteiger partial charge in [-0.2, -0.15) is 0 Å². The first kappa shape index (κ1) is 27.4. The van der Waals surface area contributed by atoms with Crippen molar-refractivity contribution >= 4 is 36.0 Å². The van der Waals surface area contributed by atoms with Crippen LogP contribution < -0.4 is 5.32 Å². The van der Waals surface area contributed by atoms with Crippen molar-refractivity contribution in [3.63, 3.8) is 0 Å². The predicted octanol–water partition coefficient (Wildman–Crippen LogP) is 3.63. The second kappa shape index (κ2) is 13.2. The van der Waals surface area contributed by atoms with Gasteiger partial charge in [0.15, 0.2) is 5.96 Å². The average molecular weight is 567 g/mol. The highest BCUT2D eigenvalue weighted by molar-refractivity contribution is 14.0. The molecule has 3 aliphatic rings. The molecule has 0 bridgehead atoms. The molecule has 0 aromatic heterocycles. The molecule has 0 aromatic rings. The molecule has 186 valence electrons. The van der Waals surface area contributed by atoms with E-state index in [1.54, 1.807) is 0 Å². The van der Waals surface area contributed by atoms with Crippen LogP contribution in [0.25, 0.3) is 0 Å². The number of halogens is 1. The fourth-order valence-corrected chi connectivity index (χ4v) is 4.17. The minimum Gasteiger partial charge on any atom is -0.444 e. The van der Waals surface area contributed by atoms with Crippen molar-refractivity contribution in [3.8, 4) is 0 Å². The molecule has 1 unspecified atom stereocenters. The summed E-state index contributed by atoms with van der Waals surface area (Å²) < 4.78 is 17.5. The number of amides is 1. The van der Waals surface area contributed by atoms with Crippen molar-refractivity contribution in [1.29, 1.82) is 0 Å². The van der Waals surface area contributed by atoms with Gasteiger partial charge in [0.25, 0.3) is 0 Å². The zero-order valence-corrected chi connectivity index (χ0v) is 22.6. The minimum absolute atomic E-state index is 0. The van der Waals surface area contributed by atoms with E-state index < -0.39 is 5.60 Å². The molecule has 3 fully saturated rings. The van der Waals surface area contributed by atoms with Crippen LogP contribution in [0.5, 0.6) is 0 Å². The van der Waals surface area contributed by atoms with Crippen LogP contribution in [-0.2, 0) is 14.2 Å². The van der Waals surface area contributed by atoms with E-state index in [0.717, 1.165) is 64.4 Å². The van der Waals surface area contributed by atoms with Crippen LogP contribution in [-0.4, -0.2) is 92.1 Å². The molecule has 0 aromatic carbocycles. The molecule has 3 rings (SSSR count). The van der Waals surface area contributed by atoms with Crippen LogP contribution in [0, 0.1) is 0 Å². The molecule has 1 atom stereocenters. The fraction of sp³-hybridized carbons (Fsp3) is 0.913. The Kier molecular flexibility index (Phi) is 11.3. The minimum atomic E-state index is -0.469. The van der Waals surface area contributed by atoms with Gasteiger partial charge in [0.05, 0.1) is 18.8 Å². The molecule has 0 spiro atoms. The first-order valence-electron chi connectivity index (χ1n) is 12.0. The Morgan fingerprint density at radius 1 is 1.16 bits per heavy atom. The number of aliphatic imine (C=N–C) groups is 1. The number of rotatable bonds is 7. The topological polar surface area (TPSA) is 75.6 Å². The quantitative estimate of drug-likeness (QED) is 0.288. The van der Waals surface area contributed by atoms with Gasteiger partial charge in [-0.15, -0.1) is 24.0 Å². The summed E-state index contributed by atoms with van der Waals surface area (Å²) in [5.41, 5.74) is -0.469. The summed E-state index contributed by atoms with van der Waals surface area (Å²) in [6.45, 7) is 10.5. The Bertz CT molecular complexity index is 595. The Labute approximate surface area is 210 Å². The highest BCUT2D eigenvalue weighted by atomic mass is 127. The molecule has 2 aliphatic heterocycles. The van der Waals surface area contributed by atoms with Gasteiger partial charge in [-0.3, -0.25) is 4.99 Å². The maximum atomic E-state index is 12.5. The molecule has 1 amide bonds. The molecule has 2 saturated heterocycles. The van der Waals surface area contributed by atoms with E-state index in [1.807, 2.05) is 32.7 Å². The summed E-state index contributed by atoms with van der Waals surface area (Å²) in [4.78, 5) is 21.1. The van der Waals surface area contributed by atoms with E-state index in [2.05, 4.69) is 15.2 Å². The smallest absolute Gasteiger partial charge is 0.410 e. The molecule has 1 aliphatic carbocycles. The zero-order chi connectivity index (χ0) is 22.3. The van der Waals surface area contributed by atoms with Gasteiger partial charge in [-0.25, -0.2) is 4.79 Å². The molecule has 9 heteroatoms. The van der Waals surface area contributed by atoms with E-state index in [4.69, 9.17) is 14.2 Å². The van der Waals surface area contributed by atoms with Gasteiger partial charge in [-0.1, -0.05) is 0 Å². The Balaban J connectivity index is 0.00000363. The Hall–Kier alpha value is -0.810. The van der Waals surface area contributed by atoms with E-state index >= 15 is 0 Å². The summed E-state index contributed by atoms with van der Waals surface area (Å²) in [5, 5.41) is 3.43. The molecule has 32 heavy (non-hydrogen) atoms. The Morgan fingerprint density at radius 3 is 2.44 bits per heavy atom. The fourth-order valence-electron chi connectivity index (χ4n) is 4.17. The molecule has 1 saturated carbocycles. The second-order valence-corrected chi connectivity index (χ2v) is 9.89. The number of likely N-dealkylation sites (tertiary alicyclic amines) is 1. The molecular formula is C23H43IN4O4. The number of carbonyl (C=O) groups excluding carboxylic acids is 1. The molecule has 1 N–H and O–H groups in total. The van der Waals surface area contributed by atoms with Crippen molar-refractivity contribution in [2.24, 2.45) is 4.99 Å². The largest absolute Gasteiger partial charge is 0.444 e. The van der Waals surface area contributed by atoms with Crippen molar-refractivity contribution in [2.75, 3.05) is 46.4 Å². The monoisotopic (exact) mass is 566 g/mol. The van der Waals surface area contributed by atoms with Gasteiger partial charge >= 0.3 is 6.09 Å². The van der Waals surface area contributed by atoms with Gasteiger partial charge < -0.3 is 29.3 Å². The summed E-state index contributed by atoms with van der Waals surface area (Å²) in [6, 6.07) is 0.319. The van der Waals surface area contributed by atoms with Crippen molar-refractivity contribution in [2.45, 2.75) is 89.6 Å². The van der Waals surface area contributed by atoms with Crippen molar-refractivity contribution < 1.29 is 19.0 Å². The Morgan fingerprint density at radius 2 is 1.88 bits per heavy atom. The number of nitrogens with zero attached hydrogens (tertiary/aromatic N) is 3. The number of piperidine rings is 1. The van der Waals surface area contributed by atoms with Gasteiger partial charge in [0, 0.05) is 45.9 Å². The first-order valence-corrected chi connectivity index (χ1v) is 12.0. The second-order valence-electron chi connectivity index (χ2n) is 9.89. The number of hydrogen-bond acceptors (Lipinski definition) is 5. The summed E-state index contributed by atoms with van der Waals surface area (Å²) >= 11 is 0. The van der Waals surface area contributed by atoms with Crippen LogP contribution in [0.3, 0.4) is 0 Å². The lowest BCUT2D eigenvalue weighted by Crippen LogP contribution is -2.49. The van der Waals surface area contributed by atoms with E-state index in [-0.39, 0.29) is 36.2 Å². The van der Waals surface area contributed by atoms with Crippen molar-refractivity contribution in [1.82, 2.24) is 15.1 Å². The average Bonchev–Trinajstić information content (AvgIpc) is 3.57. The molecule has 2 heterocycles. The number of ether oxygens (including phenoxy) is 3. The third-order valence-corrected chi connectivity index (χ3v) is 6.00. The summed E-state index contributed by atoms with van der Waals surface area (Å²) in [7, 11) is 1.82. The summed E-state index contributed by atoms with van der Waals surface area (Å²) in [5.74, 6) is 0.897. The maximum absolute atomic E-state index is 12.5. The van der Waals surface area contributed by atoms with Gasteiger partial charge in [0.2, 0.25) is 0 Å². The van der Waals surface area contributed by atoms with Crippen LogP contribution in [0.15, 0.2) is 4.99 Å². The lowest BCUT2D eigenvalue weighted by Gasteiger charge is -2.35. The lowest BCUT2D eigenvalue weighted by molar-refractivity contribution is -0.0721. The number of hydrogen-bond donors (Lipinski definition) is 1. The third kappa shape index (κ3) is 9.21. The van der Waals surface area contributed by atoms with E-state index in [1.165, 1.54) is 12.8 Å². The van der Waals surface area contributed by atoms with Gasteiger partial charge in [-0.05, 0) is 65.7 Å². The lowest BCUT2D eigenvalue weighted by atomic mass is 10.1. The first-order chi connectivity index (χ1) is 14.9. The molecule has 0 radical (unpaired) electrons. The maximum Gasteiger partial charge on any atom is 0.410 e. The van der Waals surface area contributed by atoms with E-state index in [9.17, 15) is 4.79 Å². The SMILES string of the molecule is CN=C(NCCN(C(=O)OC(C)(C)C)C1CC1)N1CCC(OCC2CCCCO2)CC1.I. The van der Waals surface area contributed by atoms with Crippen LogP contribution in [0.1, 0.15) is 65.7 Å². The highest BCUT2D eigenvalue weighted by Gasteiger charge is 2.35. The van der Waals surface area contributed by atoms with Crippen molar-refractivity contribution in [3.05, 3.63) is 0 Å². The van der Waals surface area contributed by atoms with Crippen LogP contribution >= 0.6 is 24.0 Å². The number of nitrogens with one attached hydrogen (secondary N) is 1. The van der Waals surface area contributed by atoms with Crippen LogP contribution in [0.2, 0.25) is 0 Å². The standard InChI is InChI=1S/C23H42N4O4.HI/c1-23(2,3)31-22(28)27(18-8-9-18)15-12-25-21(24-4)26-13-10-19(11-14-26)30-17-20-7-5-6-16-29-20;/h18-20H,5-17H2,1-4H3,(H,24,25);1H. The molecular weight excluding hydrogens is 523 g/mol. The van der Waals surface area contributed by atoms with E-state index in [0.29, 0.717) is 25.2 Å².